The van der Waals surface area contributed by atoms with Crippen LogP contribution in [-0.4, -0.2) is 53.5 Å². The molecule has 27 heavy (non-hydrogen) atoms. The van der Waals surface area contributed by atoms with E-state index in [1.807, 2.05) is 13.0 Å². The zero-order valence-corrected chi connectivity index (χ0v) is 16.7. The predicted molar refractivity (Wildman–Crippen MR) is 102 cm³/mol. The summed E-state index contributed by atoms with van der Waals surface area (Å²) in [5.74, 6) is 1.54. The van der Waals surface area contributed by atoms with Gasteiger partial charge in [-0.3, -0.25) is 4.21 Å². The summed E-state index contributed by atoms with van der Waals surface area (Å²) in [6, 6.07) is 1.95. The number of aryl methyl sites for hydroxylation is 1. The van der Waals surface area contributed by atoms with Crippen LogP contribution in [0.2, 0.25) is 5.15 Å². The molecule has 1 unspecified atom stereocenters. The molecule has 3 aliphatic rings. The lowest BCUT2D eigenvalue weighted by molar-refractivity contribution is -0.00355. The summed E-state index contributed by atoms with van der Waals surface area (Å²) < 4.78 is 26.3. The second kappa shape index (κ2) is 6.38. The molecule has 10 heteroatoms. The van der Waals surface area contributed by atoms with Crippen LogP contribution in [0.25, 0.3) is 5.52 Å². The van der Waals surface area contributed by atoms with Crippen LogP contribution in [0.15, 0.2) is 12.4 Å². The van der Waals surface area contributed by atoms with Crippen LogP contribution in [0.1, 0.15) is 31.2 Å². The molecule has 146 valence electrons. The van der Waals surface area contributed by atoms with Crippen LogP contribution in [0.4, 0.5) is 5.82 Å². The van der Waals surface area contributed by atoms with Gasteiger partial charge in [0.05, 0.1) is 0 Å². The fourth-order valence-electron chi connectivity index (χ4n) is 4.51. The van der Waals surface area contributed by atoms with Crippen molar-refractivity contribution in [2.24, 2.45) is 11.3 Å². The third-order valence-electron chi connectivity index (χ3n) is 6.10. The van der Waals surface area contributed by atoms with E-state index in [1.54, 1.807) is 4.52 Å². The second-order valence-corrected chi connectivity index (χ2v) is 9.48. The molecule has 3 heterocycles. The molecule has 2 saturated carbocycles. The number of hydrogen-bond acceptors (Lipinski definition) is 6. The molecule has 1 N–H and O–H groups in total. The Morgan fingerprint density at radius 2 is 2.19 bits per heavy atom. The highest BCUT2D eigenvalue weighted by atomic mass is 35.5. The third kappa shape index (κ3) is 3.05. The number of anilines is 1. The van der Waals surface area contributed by atoms with Crippen molar-refractivity contribution < 1.29 is 8.76 Å². The maximum absolute atomic E-state index is 11.6. The summed E-state index contributed by atoms with van der Waals surface area (Å²) in [5.41, 5.74) is 5.31. The van der Waals surface area contributed by atoms with Crippen LogP contribution in [0.5, 0.6) is 0 Å². The predicted octanol–water partition coefficient (Wildman–Crippen LogP) is 1.67. The Kier molecular flexibility index (Phi) is 4.21. The van der Waals surface area contributed by atoms with Crippen molar-refractivity contribution in [3.63, 3.8) is 0 Å². The van der Waals surface area contributed by atoms with Crippen LogP contribution >= 0.6 is 11.6 Å². The lowest BCUT2D eigenvalue weighted by Gasteiger charge is -2.61. The van der Waals surface area contributed by atoms with Crippen LogP contribution in [0.3, 0.4) is 0 Å². The zero-order chi connectivity index (χ0) is 18.8. The molecule has 0 radical (unpaired) electrons. The van der Waals surface area contributed by atoms with Gasteiger partial charge in [0, 0.05) is 42.4 Å². The molecule has 1 atom stereocenters. The van der Waals surface area contributed by atoms with Gasteiger partial charge in [-0.2, -0.15) is 9.51 Å². The lowest BCUT2D eigenvalue weighted by atomic mass is 9.61. The smallest absolute Gasteiger partial charge is 0.156 e. The molecular weight excluding hydrogens is 388 g/mol. The summed E-state index contributed by atoms with van der Waals surface area (Å²) >= 11 is 4.01. The minimum atomic E-state index is -2.23. The fourth-order valence-corrected chi connectivity index (χ4v) is 5.38. The molecule has 3 fully saturated rings. The van der Waals surface area contributed by atoms with E-state index in [4.69, 9.17) is 11.6 Å². The SMILES string of the molecule is Cc1cc(Cl)n2ncnc(N3CC4(CC(N(NCC5CC5)S(=O)[O-])C4)C3)c12. The highest BCUT2D eigenvalue weighted by Crippen LogP contribution is 2.51. The standard InChI is InChI=1S/C17H23ClN6O2S/c1-11-4-14(18)23-15(11)16(19-10-21-23)22-8-17(9-22)5-13(6-17)24(27(25)26)20-7-12-2-3-12/h4,10,12-13,20H,2-3,5-9H2,1H3,(H,25,26)/p-1. The maximum atomic E-state index is 11.6. The van der Waals surface area contributed by atoms with Gasteiger partial charge in [-0.15, -0.1) is 0 Å². The van der Waals surface area contributed by atoms with Gasteiger partial charge >= 0.3 is 0 Å². The summed E-state index contributed by atoms with van der Waals surface area (Å²) in [6.45, 7) is 4.55. The van der Waals surface area contributed by atoms with E-state index < -0.39 is 11.3 Å². The molecule has 2 aromatic heterocycles. The fraction of sp³-hybridized carbons (Fsp3) is 0.647. The van der Waals surface area contributed by atoms with Crippen molar-refractivity contribution >= 4 is 34.2 Å². The molecular formula is C17H22ClN6O2S-. The Labute approximate surface area is 165 Å². The molecule has 2 aliphatic carbocycles. The van der Waals surface area contributed by atoms with Crippen molar-refractivity contribution in [2.75, 3.05) is 24.5 Å². The lowest BCUT2D eigenvalue weighted by Crippen LogP contribution is -2.68. The quantitative estimate of drug-likeness (QED) is 0.576. The number of fused-ring (bicyclic) bond motifs is 1. The average Bonchev–Trinajstić information content (AvgIpc) is 3.33. The molecule has 8 nitrogen and oxygen atoms in total. The molecule has 1 aliphatic heterocycles. The van der Waals surface area contributed by atoms with E-state index in [1.165, 1.54) is 23.6 Å². The van der Waals surface area contributed by atoms with E-state index >= 15 is 0 Å². The molecule has 1 saturated heterocycles. The minimum absolute atomic E-state index is 0.0548. The number of halogens is 1. The number of aromatic nitrogens is 3. The number of hydrazine groups is 1. The largest absolute Gasteiger partial charge is 0.759 e. The third-order valence-corrected chi connectivity index (χ3v) is 7.11. The average molecular weight is 410 g/mol. The van der Waals surface area contributed by atoms with Crippen LogP contribution in [-0.2, 0) is 11.3 Å². The van der Waals surface area contributed by atoms with Crippen molar-refractivity contribution in [3.8, 4) is 0 Å². The van der Waals surface area contributed by atoms with Gasteiger partial charge in [-0.1, -0.05) is 11.6 Å². The number of rotatable bonds is 6. The summed E-state index contributed by atoms with van der Waals surface area (Å²) in [7, 11) is 0. The molecule has 0 amide bonds. The van der Waals surface area contributed by atoms with Gasteiger partial charge in [0.1, 0.15) is 17.0 Å². The topological polar surface area (TPSA) is 88.8 Å². The van der Waals surface area contributed by atoms with Gasteiger partial charge in [0.15, 0.2) is 5.82 Å². The van der Waals surface area contributed by atoms with Crippen molar-refractivity contribution in [1.29, 1.82) is 0 Å². The second-order valence-electron chi connectivity index (χ2n) is 8.26. The van der Waals surface area contributed by atoms with Gasteiger partial charge in [-0.05, 0) is 50.2 Å². The Balaban J connectivity index is 1.25. The zero-order valence-electron chi connectivity index (χ0n) is 15.1. The normalized spacial score (nSPS) is 23.0. The van der Waals surface area contributed by atoms with E-state index in [2.05, 4.69) is 20.4 Å². The highest BCUT2D eigenvalue weighted by Gasteiger charge is 2.55. The molecule has 0 aromatic carbocycles. The minimum Gasteiger partial charge on any atom is -0.759 e. The van der Waals surface area contributed by atoms with Crippen LogP contribution in [0, 0.1) is 18.3 Å². The summed E-state index contributed by atoms with van der Waals surface area (Å²) in [4.78, 5) is 6.72. The number of nitrogens with zero attached hydrogens (tertiary/aromatic N) is 5. The summed E-state index contributed by atoms with van der Waals surface area (Å²) in [6.07, 6.45) is 5.71. The first-order chi connectivity index (χ1) is 13.0. The van der Waals surface area contributed by atoms with E-state index in [-0.39, 0.29) is 11.5 Å². The number of hydrogen-bond donors (Lipinski definition) is 1. The first-order valence-corrected chi connectivity index (χ1v) is 10.7. The van der Waals surface area contributed by atoms with Crippen LogP contribution < -0.4 is 10.3 Å². The Hall–Kier alpha value is -1.26. The molecule has 0 bridgehead atoms. The maximum Gasteiger partial charge on any atom is 0.156 e. The molecule has 2 aromatic rings. The Bertz CT molecular complexity index is 902. The van der Waals surface area contributed by atoms with E-state index in [0.717, 1.165) is 49.4 Å². The van der Waals surface area contributed by atoms with E-state index in [0.29, 0.717) is 11.1 Å². The van der Waals surface area contributed by atoms with Crippen molar-refractivity contribution in [1.82, 2.24) is 24.4 Å². The monoisotopic (exact) mass is 409 g/mol. The first kappa shape index (κ1) is 17.8. The van der Waals surface area contributed by atoms with Gasteiger partial charge in [0.2, 0.25) is 0 Å². The first-order valence-electron chi connectivity index (χ1n) is 9.32. The summed E-state index contributed by atoms with van der Waals surface area (Å²) in [5, 5.41) is 4.82. The molecule has 5 rings (SSSR count). The highest BCUT2D eigenvalue weighted by molar-refractivity contribution is 7.76. The van der Waals surface area contributed by atoms with E-state index in [9.17, 15) is 8.76 Å². The number of nitrogens with one attached hydrogen (secondary N) is 1. The van der Waals surface area contributed by atoms with Gasteiger partial charge < -0.3 is 9.45 Å². The Morgan fingerprint density at radius 3 is 2.85 bits per heavy atom. The molecule has 1 spiro atoms. The van der Waals surface area contributed by atoms with Gasteiger partial charge in [-0.25, -0.2) is 14.9 Å². The Morgan fingerprint density at radius 1 is 1.44 bits per heavy atom. The van der Waals surface area contributed by atoms with Gasteiger partial charge in [0.25, 0.3) is 0 Å². The van der Waals surface area contributed by atoms with Crippen molar-refractivity contribution in [3.05, 3.63) is 23.1 Å². The van der Waals surface area contributed by atoms with Crippen molar-refractivity contribution in [2.45, 2.75) is 38.6 Å².